The Bertz CT molecular complexity index is 590. The molecule has 23 heavy (non-hydrogen) atoms. The molecule has 1 fully saturated rings. The molecule has 1 aliphatic rings. The van der Waals surface area contributed by atoms with Crippen LogP contribution in [0.4, 0.5) is 19.4 Å². The minimum Gasteiger partial charge on any atom is -0.506 e. The number of ether oxygens (including phenoxy) is 1. The molecule has 1 aromatic rings. The molecule has 0 atom stereocenters. The summed E-state index contributed by atoms with van der Waals surface area (Å²) in [5.74, 6) is -0.433. The summed E-state index contributed by atoms with van der Waals surface area (Å²) in [6.45, 7) is 3.23. The number of hydrogen-bond donors (Lipinski definition) is 1. The Morgan fingerprint density at radius 2 is 1.74 bits per heavy atom. The number of hydrogen-bond acceptors (Lipinski definition) is 3. The Morgan fingerprint density at radius 3 is 2.30 bits per heavy atom. The van der Waals surface area contributed by atoms with Crippen LogP contribution in [0.5, 0.6) is 5.75 Å². The van der Waals surface area contributed by atoms with Crippen molar-refractivity contribution >= 4 is 26.2 Å². The van der Waals surface area contributed by atoms with E-state index in [9.17, 15) is 24.5 Å². The topological polar surface area (TPSA) is 32.7 Å². The summed E-state index contributed by atoms with van der Waals surface area (Å²) < 4.78 is 69.4. The summed E-state index contributed by atoms with van der Waals surface area (Å²) >= 11 is 2.71. The minimum absolute atomic E-state index is 0.0729. The Hall–Kier alpha value is -0.580. The van der Waals surface area contributed by atoms with Gasteiger partial charge in [-0.15, -0.1) is 0 Å². The quantitative estimate of drug-likeness (QED) is 0.667. The predicted molar refractivity (Wildman–Crippen MR) is 82.8 cm³/mol. The average molecular weight is 426 g/mol. The van der Waals surface area contributed by atoms with Gasteiger partial charge in [0.15, 0.2) is 0 Å². The highest BCUT2D eigenvalue weighted by atomic mass is 79.9. The second kappa shape index (κ2) is 5.75. The van der Waals surface area contributed by atoms with Crippen LogP contribution in [0.1, 0.15) is 12.0 Å². The first-order chi connectivity index (χ1) is 10.4. The van der Waals surface area contributed by atoms with Crippen LogP contribution in [0.25, 0.3) is 0 Å². The van der Waals surface area contributed by atoms with E-state index in [1.165, 1.54) is 0 Å². The van der Waals surface area contributed by atoms with E-state index in [4.69, 9.17) is 4.74 Å². The molecule has 0 unspecified atom stereocenters. The lowest BCUT2D eigenvalue weighted by atomic mass is 10.1. The van der Waals surface area contributed by atoms with E-state index in [2.05, 4.69) is 20.8 Å². The monoisotopic (exact) mass is 425 g/mol. The number of halogens is 6. The van der Waals surface area contributed by atoms with Crippen LogP contribution in [-0.2, 0) is 11.2 Å². The molecule has 2 rings (SSSR count). The number of rotatable bonds is 5. The van der Waals surface area contributed by atoms with Gasteiger partial charge in [0.05, 0.1) is 17.7 Å². The van der Waals surface area contributed by atoms with E-state index in [0.29, 0.717) is 32.2 Å². The van der Waals surface area contributed by atoms with Crippen LogP contribution in [-0.4, -0.2) is 42.9 Å². The molecule has 0 bridgehead atoms. The molecule has 1 heterocycles. The molecule has 1 saturated heterocycles. The summed E-state index contributed by atoms with van der Waals surface area (Å²) in [5.41, 5.74) is -0.143. The molecule has 0 saturated carbocycles. The predicted octanol–water partition coefficient (Wildman–Crippen LogP) is 5.08. The summed E-state index contributed by atoms with van der Waals surface area (Å²) in [4.78, 5) is 0.0836. The lowest BCUT2D eigenvalue weighted by molar-refractivity contribution is 0.0374. The second-order valence-corrected chi connectivity index (χ2v) is 8.70. The molecule has 0 amide bonds. The highest BCUT2D eigenvalue weighted by Gasteiger charge is 2.65. The summed E-state index contributed by atoms with van der Waals surface area (Å²) in [6, 6.07) is 0.573. The minimum atomic E-state index is -9.77. The maximum atomic E-state index is 12.9. The van der Waals surface area contributed by atoms with Crippen molar-refractivity contribution in [2.24, 2.45) is 0 Å². The van der Waals surface area contributed by atoms with E-state index in [-0.39, 0.29) is 22.5 Å². The van der Waals surface area contributed by atoms with Crippen molar-refractivity contribution in [3.63, 3.8) is 0 Å². The molecule has 134 valence electrons. The normalized spacial score (nSPS) is 20.1. The van der Waals surface area contributed by atoms with Crippen LogP contribution < -0.4 is 0 Å². The number of aryl methyl sites for hydroxylation is 1. The molecular formula is C13H17BrF5NO2S. The van der Waals surface area contributed by atoms with Gasteiger partial charge in [-0.25, -0.2) is 0 Å². The highest BCUT2D eigenvalue weighted by molar-refractivity contribution is 9.10. The van der Waals surface area contributed by atoms with Crippen LogP contribution in [0.2, 0.25) is 0 Å². The van der Waals surface area contributed by atoms with Crippen molar-refractivity contribution in [1.29, 1.82) is 0 Å². The van der Waals surface area contributed by atoms with Crippen molar-refractivity contribution < 1.29 is 29.3 Å². The van der Waals surface area contributed by atoms with Crippen molar-refractivity contribution in [3.05, 3.63) is 22.2 Å². The molecule has 0 spiro atoms. The van der Waals surface area contributed by atoms with Crippen LogP contribution in [0.3, 0.4) is 0 Å². The van der Waals surface area contributed by atoms with Crippen molar-refractivity contribution in [1.82, 2.24) is 4.90 Å². The summed E-state index contributed by atoms with van der Waals surface area (Å²) in [6.07, 6.45) is 0.521. The fourth-order valence-corrected chi connectivity index (χ4v) is 3.72. The fourth-order valence-electron chi connectivity index (χ4n) is 2.36. The van der Waals surface area contributed by atoms with Gasteiger partial charge in [0.25, 0.3) is 0 Å². The number of nitrogens with zero attached hydrogens (tertiary/aromatic N) is 1. The molecule has 0 radical (unpaired) electrons. The van der Waals surface area contributed by atoms with Gasteiger partial charge in [0, 0.05) is 13.1 Å². The third-order valence-corrected chi connectivity index (χ3v) is 5.32. The molecule has 10 heteroatoms. The molecule has 3 nitrogen and oxygen atoms in total. The van der Waals surface area contributed by atoms with Gasteiger partial charge < -0.3 is 9.84 Å². The zero-order valence-electron chi connectivity index (χ0n) is 12.1. The SMILES string of the molecule is Oc1c(Br)cc(S(F)(F)(F)(F)F)cc1CCCN1CCOCC1. The van der Waals surface area contributed by atoms with Gasteiger partial charge in [0.1, 0.15) is 10.6 Å². The van der Waals surface area contributed by atoms with E-state index >= 15 is 0 Å². The van der Waals surface area contributed by atoms with Crippen molar-refractivity contribution in [2.75, 3.05) is 32.8 Å². The van der Waals surface area contributed by atoms with Crippen LogP contribution in [0, 0.1) is 0 Å². The highest BCUT2D eigenvalue weighted by Crippen LogP contribution is 3.02. The standard InChI is InChI=1S/C13H17BrF5NO2S/c14-12-9-11(23(15,16,17,18)19)8-10(13(12)21)2-1-3-20-4-6-22-7-5-20/h8-9,21H,1-7H2. The zero-order chi connectivity index (χ0) is 17.4. The Morgan fingerprint density at radius 1 is 1.13 bits per heavy atom. The Labute approximate surface area is 139 Å². The molecule has 1 aliphatic heterocycles. The van der Waals surface area contributed by atoms with Gasteiger partial charge in [-0.3, -0.25) is 4.90 Å². The van der Waals surface area contributed by atoms with Crippen LogP contribution >= 0.6 is 26.2 Å². The number of benzene rings is 1. The smallest absolute Gasteiger partial charge is 0.310 e. The van der Waals surface area contributed by atoms with E-state index < -0.39 is 20.9 Å². The summed E-state index contributed by atoms with van der Waals surface area (Å²) in [7, 11) is -9.77. The van der Waals surface area contributed by atoms with Gasteiger partial charge >= 0.3 is 10.2 Å². The fraction of sp³-hybridized carbons (Fsp3) is 0.538. The van der Waals surface area contributed by atoms with E-state index in [1.54, 1.807) is 0 Å². The molecular weight excluding hydrogens is 409 g/mol. The Kier molecular flexibility index (Phi) is 4.69. The maximum Gasteiger partial charge on any atom is 0.310 e. The number of phenols is 1. The molecule has 0 aromatic heterocycles. The summed E-state index contributed by atoms with van der Waals surface area (Å²) in [5, 5.41) is 9.81. The van der Waals surface area contributed by atoms with Gasteiger partial charge in [-0.05, 0) is 53.0 Å². The number of phenolic OH excluding ortho intramolecular Hbond substituents is 1. The number of aromatic hydroxyl groups is 1. The maximum absolute atomic E-state index is 12.9. The van der Waals surface area contributed by atoms with E-state index in [1.807, 2.05) is 0 Å². The van der Waals surface area contributed by atoms with Crippen LogP contribution in [0.15, 0.2) is 21.5 Å². The molecule has 0 aliphatic carbocycles. The lowest BCUT2D eigenvalue weighted by Crippen LogP contribution is -2.36. The van der Waals surface area contributed by atoms with Crippen molar-refractivity contribution in [3.8, 4) is 5.75 Å². The van der Waals surface area contributed by atoms with E-state index in [0.717, 1.165) is 13.1 Å². The zero-order valence-corrected chi connectivity index (χ0v) is 14.5. The van der Waals surface area contributed by atoms with Gasteiger partial charge in [-0.2, -0.15) is 0 Å². The lowest BCUT2D eigenvalue weighted by Gasteiger charge is -2.41. The van der Waals surface area contributed by atoms with Gasteiger partial charge in [-0.1, -0.05) is 19.4 Å². The molecule has 1 aromatic carbocycles. The average Bonchev–Trinajstić information content (AvgIpc) is 2.42. The largest absolute Gasteiger partial charge is 0.506 e. The van der Waals surface area contributed by atoms with Crippen molar-refractivity contribution in [2.45, 2.75) is 17.7 Å². The Balaban J connectivity index is 2.14. The third kappa shape index (κ3) is 5.20. The number of morpholine rings is 1. The first-order valence-corrected chi connectivity index (χ1v) is 9.67. The third-order valence-electron chi connectivity index (χ3n) is 3.59. The molecule has 1 N–H and O–H groups in total. The van der Waals surface area contributed by atoms with Gasteiger partial charge in [0.2, 0.25) is 0 Å². The second-order valence-electron chi connectivity index (χ2n) is 5.44. The first-order valence-electron chi connectivity index (χ1n) is 6.92. The first kappa shape index (κ1) is 18.8.